The molecule has 1 aliphatic carbocycles. The molecule has 1 unspecified atom stereocenters. The van der Waals surface area contributed by atoms with E-state index in [1.807, 2.05) is 13.8 Å². The summed E-state index contributed by atoms with van der Waals surface area (Å²) >= 11 is 0. The largest absolute Gasteiger partial charge is 0.468 e. The number of rotatable bonds is 3. The first-order valence-corrected chi connectivity index (χ1v) is 6.05. The molecule has 106 valence electrons. The van der Waals surface area contributed by atoms with Gasteiger partial charge in [-0.05, 0) is 18.3 Å². The fourth-order valence-electron chi connectivity index (χ4n) is 2.71. The van der Waals surface area contributed by atoms with Crippen molar-refractivity contribution in [2.75, 3.05) is 13.7 Å². The van der Waals surface area contributed by atoms with Gasteiger partial charge in [-0.25, -0.2) is 0 Å². The monoisotopic (exact) mass is 267 g/mol. The Hall–Kier alpha value is -0.780. The van der Waals surface area contributed by atoms with Gasteiger partial charge in [-0.3, -0.25) is 10.1 Å². The van der Waals surface area contributed by atoms with E-state index >= 15 is 0 Å². The molecule has 0 heterocycles. The lowest BCUT2D eigenvalue weighted by Gasteiger charge is -2.48. The van der Waals surface area contributed by atoms with Gasteiger partial charge < -0.3 is 4.74 Å². The number of nitrogens with one attached hydrogen (secondary N) is 1. The molecule has 18 heavy (non-hydrogen) atoms. The minimum atomic E-state index is -4.34. The number of carbonyl (C=O) groups excluding carboxylic acids is 1. The molecule has 1 rings (SSSR count). The van der Waals surface area contributed by atoms with E-state index in [2.05, 4.69) is 5.32 Å². The Morgan fingerprint density at radius 1 is 1.28 bits per heavy atom. The molecule has 0 radical (unpaired) electrons. The van der Waals surface area contributed by atoms with Gasteiger partial charge in [0.05, 0.1) is 13.7 Å². The van der Waals surface area contributed by atoms with Crippen LogP contribution in [0.2, 0.25) is 0 Å². The standard InChI is InChI=1S/C12H20F3NO2/c1-10(2)6-4-5-7-11(10,9(17)18-3)16-8-12(13,14)15/h16H,4-8H2,1-3H3. The molecule has 0 amide bonds. The van der Waals surface area contributed by atoms with Crippen LogP contribution in [0.4, 0.5) is 13.2 Å². The van der Waals surface area contributed by atoms with E-state index in [0.29, 0.717) is 12.8 Å². The van der Waals surface area contributed by atoms with E-state index in [1.165, 1.54) is 7.11 Å². The van der Waals surface area contributed by atoms with Crippen molar-refractivity contribution in [3.05, 3.63) is 0 Å². The van der Waals surface area contributed by atoms with Crippen LogP contribution in [0.3, 0.4) is 0 Å². The van der Waals surface area contributed by atoms with Crippen LogP contribution in [0.1, 0.15) is 39.5 Å². The van der Waals surface area contributed by atoms with Crippen molar-refractivity contribution in [3.8, 4) is 0 Å². The lowest BCUT2D eigenvalue weighted by molar-refractivity contribution is -0.163. The number of esters is 1. The van der Waals surface area contributed by atoms with E-state index in [9.17, 15) is 18.0 Å². The molecule has 0 aromatic carbocycles. The number of hydrogen-bond acceptors (Lipinski definition) is 3. The van der Waals surface area contributed by atoms with Crippen LogP contribution >= 0.6 is 0 Å². The lowest BCUT2D eigenvalue weighted by atomic mass is 9.63. The van der Waals surface area contributed by atoms with Crippen molar-refractivity contribution in [1.82, 2.24) is 5.32 Å². The van der Waals surface area contributed by atoms with Gasteiger partial charge in [0.15, 0.2) is 0 Å². The highest BCUT2D eigenvalue weighted by Crippen LogP contribution is 2.44. The first-order chi connectivity index (χ1) is 8.15. The van der Waals surface area contributed by atoms with E-state index in [4.69, 9.17) is 4.74 Å². The van der Waals surface area contributed by atoms with Crippen LogP contribution in [-0.2, 0) is 9.53 Å². The molecule has 0 aliphatic heterocycles. The number of halogens is 3. The number of ether oxygens (including phenoxy) is 1. The first-order valence-electron chi connectivity index (χ1n) is 6.05. The Bertz CT molecular complexity index is 315. The van der Waals surface area contributed by atoms with E-state index in [-0.39, 0.29) is 0 Å². The van der Waals surface area contributed by atoms with E-state index in [0.717, 1.165) is 12.8 Å². The smallest absolute Gasteiger partial charge is 0.401 e. The van der Waals surface area contributed by atoms with Crippen molar-refractivity contribution in [2.45, 2.75) is 51.2 Å². The Morgan fingerprint density at radius 3 is 2.28 bits per heavy atom. The summed E-state index contributed by atoms with van der Waals surface area (Å²) in [5, 5.41) is 2.42. The molecule has 1 saturated carbocycles. The normalized spacial score (nSPS) is 27.9. The van der Waals surface area contributed by atoms with Crippen LogP contribution < -0.4 is 5.32 Å². The van der Waals surface area contributed by atoms with Gasteiger partial charge in [-0.15, -0.1) is 0 Å². The summed E-state index contributed by atoms with van der Waals surface area (Å²) in [6, 6.07) is 0. The van der Waals surface area contributed by atoms with Crippen molar-refractivity contribution in [3.63, 3.8) is 0 Å². The number of carbonyl (C=O) groups is 1. The predicted octanol–water partition coefficient (Wildman–Crippen LogP) is 2.65. The SMILES string of the molecule is COC(=O)C1(NCC(F)(F)F)CCCCC1(C)C. The highest BCUT2D eigenvalue weighted by molar-refractivity contribution is 5.82. The lowest BCUT2D eigenvalue weighted by Crippen LogP contribution is -2.64. The van der Waals surface area contributed by atoms with Crippen LogP contribution in [0.25, 0.3) is 0 Å². The van der Waals surface area contributed by atoms with Crippen molar-refractivity contribution < 1.29 is 22.7 Å². The Balaban J connectivity index is 2.98. The molecule has 0 saturated heterocycles. The van der Waals surface area contributed by atoms with E-state index < -0.39 is 29.6 Å². The Labute approximate surface area is 105 Å². The average Bonchev–Trinajstić information content (AvgIpc) is 2.25. The van der Waals surface area contributed by atoms with Crippen LogP contribution in [-0.4, -0.2) is 31.3 Å². The summed E-state index contributed by atoms with van der Waals surface area (Å²) < 4.78 is 41.9. The topological polar surface area (TPSA) is 38.3 Å². The third-order valence-corrected chi connectivity index (χ3v) is 3.88. The summed E-state index contributed by atoms with van der Waals surface area (Å²) in [4.78, 5) is 12.0. The highest BCUT2D eigenvalue weighted by atomic mass is 19.4. The molecule has 0 aromatic rings. The fraction of sp³-hybridized carbons (Fsp3) is 0.917. The molecule has 6 heteroatoms. The van der Waals surface area contributed by atoms with Crippen LogP contribution in [0, 0.1) is 5.41 Å². The third kappa shape index (κ3) is 2.96. The van der Waals surface area contributed by atoms with E-state index in [1.54, 1.807) is 0 Å². The maximum Gasteiger partial charge on any atom is 0.401 e. The molecule has 0 aromatic heterocycles. The van der Waals surface area contributed by atoms with Crippen LogP contribution in [0.5, 0.6) is 0 Å². The summed E-state index contributed by atoms with van der Waals surface area (Å²) in [6.45, 7) is 2.45. The molecular weight excluding hydrogens is 247 g/mol. The number of hydrogen-bond donors (Lipinski definition) is 1. The zero-order valence-corrected chi connectivity index (χ0v) is 11.0. The third-order valence-electron chi connectivity index (χ3n) is 3.88. The minimum Gasteiger partial charge on any atom is -0.468 e. The number of alkyl halides is 3. The average molecular weight is 267 g/mol. The second-order valence-corrected chi connectivity index (χ2v) is 5.46. The summed E-state index contributed by atoms with van der Waals surface area (Å²) in [7, 11) is 1.21. The molecule has 1 aliphatic rings. The van der Waals surface area contributed by atoms with Gasteiger partial charge in [0, 0.05) is 0 Å². The van der Waals surface area contributed by atoms with Gasteiger partial charge in [0.2, 0.25) is 0 Å². The maximum absolute atomic E-state index is 12.4. The summed E-state index contributed by atoms with van der Waals surface area (Å²) in [5.74, 6) is -0.601. The predicted molar refractivity (Wildman–Crippen MR) is 61.1 cm³/mol. The Kier molecular flexibility index (Phi) is 4.30. The molecule has 1 atom stereocenters. The van der Waals surface area contributed by atoms with Crippen LogP contribution in [0.15, 0.2) is 0 Å². The van der Waals surface area contributed by atoms with Gasteiger partial charge in [-0.1, -0.05) is 26.7 Å². The van der Waals surface area contributed by atoms with Crippen molar-refractivity contribution in [1.29, 1.82) is 0 Å². The zero-order chi connectivity index (χ0) is 14.0. The van der Waals surface area contributed by atoms with Crippen molar-refractivity contribution in [2.24, 2.45) is 5.41 Å². The van der Waals surface area contributed by atoms with Gasteiger partial charge in [-0.2, -0.15) is 13.2 Å². The zero-order valence-electron chi connectivity index (χ0n) is 11.0. The molecule has 3 nitrogen and oxygen atoms in total. The quantitative estimate of drug-likeness (QED) is 0.799. The van der Waals surface area contributed by atoms with Gasteiger partial charge in [0.1, 0.15) is 5.54 Å². The molecule has 0 spiro atoms. The first kappa shape index (κ1) is 15.3. The summed E-state index contributed by atoms with van der Waals surface area (Å²) in [5.41, 5.74) is -1.79. The molecule has 1 fully saturated rings. The van der Waals surface area contributed by atoms with Gasteiger partial charge >= 0.3 is 12.1 Å². The highest BCUT2D eigenvalue weighted by Gasteiger charge is 2.54. The molecule has 1 N–H and O–H groups in total. The Morgan fingerprint density at radius 2 is 1.83 bits per heavy atom. The second kappa shape index (κ2) is 5.07. The molecule has 0 bridgehead atoms. The maximum atomic E-state index is 12.4. The van der Waals surface area contributed by atoms with Gasteiger partial charge in [0.25, 0.3) is 0 Å². The number of methoxy groups -OCH3 is 1. The van der Waals surface area contributed by atoms with Crippen molar-refractivity contribution >= 4 is 5.97 Å². The minimum absolute atomic E-state index is 0.378. The molecular formula is C12H20F3NO2. The second-order valence-electron chi connectivity index (χ2n) is 5.46. The summed E-state index contributed by atoms with van der Waals surface area (Å²) in [6.07, 6.45) is -1.62. The fourth-order valence-corrected chi connectivity index (χ4v) is 2.71.